The Labute approximate surface area is 74.6 Å². The van der Waals surface area contributed by atoms with Gasteiger partial charge in [0.1, 0.15) is 6.61 Å². The van der Waals surface area contributed by atoms with Crippen LogP contribution in [0.1, 0.15) is 19.8 Å². The first kappa shape index (κ1) is 9.57. The number of rotatable bonds is 1. The van der Waals surface area contributed by atoms with E-state index in [1.165, 1.54) is 25.9 Å². The Kier molecular flexibility index (Phi) is 4.13. The molecule has 0 aromatic carbocycles. The fraction of sp³-hybridized carbons (Fsp3) is 0.800. The maximum Gasteiger partial charge on any atom is 0.104 e. The molecule has 0 aromatic heterocycles. The Balaban J connectivity index is 2.26. The predicted octanol–water partition coefficient (Wildman–Crippen LogP) is 0.714. The van der Waals surface area contributed by atoms with Gasteiger partial charge in [0.15, 0.2) is 0 Å². The molecule has 0 aliphatic carbocycles. The minimum absolute atomic E-state index is 0.00793. The van der Waals surface area contributed by atoms with Crippen LogP contribution in [-0.2, 0) is 0 Å². The van der Waals surface area contributed by atoms with Gasteiger partial charge in [-0.05, 0) is 32.5 Å². The van der Waals surface area contributed by atoms with Crippen molar-refractivity contribution in [2.24, 2.45) is 5.92 Å². The number of hydrogen-bond donors (Lipinski definition) is 1. The van der Waals surface area contributed by atoms with E-state index in [0.29, 0.717) is 5.92 Å². The van der Waals surface area contributed by atoms with E-state index < -0.39 is 0 Å². The molecule has 12 heavy (non-hydrogen) atoms. The van der Waals surface area contributed by atoms with Crippen LogP contribution in [-0.4, -0.2) is 36.2 Å². The number of likely N-dealkylation sites (tertiary alicyclic amines) is 1. The lowest BCUT2D eigenvalue weighted by Crippen LogP contribution is -2.32. The van der Waals surface area contributed by atoms with Gasteiger partial charge in [-0.25, -0.2) is 0 Å². The van der Waals surface area contributed by atoms with Crippen molar-refractivity contribution < 1.29 is 5.11 Å². The monoisotopic (exact) mass is 167 g/mol. The van der Waals surface area contributed by atoms with Gasteiger partial charge in [-0.15, -0.1) is 0 Å². The van der Waals surface area contributed by atoms with Crippen LogP contribution >= 0.6 is 0 Å². The van der Waals surface area contributed by atoms with Crippen molar-refractivity contribution in [3.05, 3.63) is 0 Å². The number of nitrogens with zero attached hydrogens (tertiary/aromatic N) is 1. The van der Waals surface area contributed by atoms with E-state index in [4.69, 9.17) is 5.11 Å². The number of aliphatic hydroxyl groups excluding tert-OH is 1. The fourth-order valence-corrected chi connectivity index (χ4v) is 1.58. The Morgan fingerprint density at radius 1 is 1.42 bits per heavy atom. The summed E-state index contributed by atoms with van der Waals surface area (Å²) in [6, 6.07) is 0. The Hall–Kier alpha value is -0.520. The van der Waals surface area contributed by atoms with Gasteiger partial charge < -0.3 is 10.0 Å². The molecule has 1 aliphatic rings. The molecule has 1 N–H and O–H groups in total. The van der Waals surface area contributed by atoms with Gasteiger partial charge in [0.05, 0.1) is 0 Å². The maximum absolute atomic E-state index is 8.51. The smallest absolute Gasteiger partial charge is 0.104 e. The van der Waals surface area contributed by atoms with Crippen molar-refractivity contribution in [2.75, 3.05) is 26.2 Å². The highest BCUT2D eigenvalue weighted by molar-refractivity contribution is 5.04. The number of piperidine rings is 1. The molecule has 0 radical (unpaired) electrons. The third kappa shape index (κ3) is 2.84. The highest BCUT2D eigenvalue weighted by atomic mass is 16.2. The largest absolute Gasteiger partial charge is 0.384 e. The Bertz CT molecular complexity index is 172. The van der Waals surface area contributed by atoms with Crippen LogP contribution in [0.4, 0.5) is 0 Å². The highest BCUT2D eigenvalue weighted by Gasteiger charge is 2.15. The van der Waals surface area contributed by atoms with E-state index in [9.17, 15) is 0 Å². The van der Waals surface area contributed by atoms with Crippen LogP contribution < -0.4 is 0 Å². The molecule has 0 aromatic rings. The van der Waals surface area contributed by atoms with Crippen molar-refractivity contribution >= 4 is 0 Å². The van der Waals surface area contributed by atoms with Gasteiger partial charge in [0, 0.05) is 5.92 Å². The fourth-order valence-electron chi connectivity index (χ4n) is 1.58. The molecule has 0 saturated carbocycles. The molecule has 1 heterocycles. The van der Waals surface area contributed by atoms with Gasteiger partial charge in [0.25, 0.3) is 0 Å². The first-order valence-electron chi connectivity index (χ1n) is 4.68. The SMILES string of the molecule is CCN1CCC(C#CCO)CC1. The summed E-state index contributed by atoms with van der Waals surface area (Å²) in [6.07, 6.45) is 2.34. The third-order valence-electron chi connectivity index (χ3n) is 2.42. The Morgan fingerprint density at radius 2 is 2.08 bits per heavy atom. The van der Waals surface area contributed by atoms with Gasteiger partial charge in [0.2, 0.25) is 0 Å². The lowest BCUT2D eigenvalue weighted by atomic mass is 9.98. The lowest BCUT2D eigenvalue weighted by molar-refractivity contribution is 0.216. The molecule has 1 fully saturated rings. The zero-order chi connectivity index (χ0) is 8.81. The van der Waals surface area contributed by atoms with E-state index in [2.05, 4.69) is 23.7 Å². The minimum atomic E-state index is 0.00793. The van der Waals surface area contributed by atoms with E-state index in [0.717, 1.165) is 6.54 Å². The molecule has 0 spiro atoms. The molecular weight excluding hydrogens is 150 g/mol. The van der Waals surface area contributed by atoms with Crippen molar-refractivity contribution in [1.29, 1.82) is 0 Å². The molecule has 68 valence electrons. The van der Waals surface area contributed by atoms with Gasteiger partial charge in [-0.1, -0.05) is 18.8 Å². The molecule has 0 atom stereocenters. The van der Waals surface area contributed by atoms with Gasteiger partial charge in [-0.2, -0.15) is 0 Å². The average molecular weight is 167 g/mol. The van der Waals surface area contributed by atoms with Crippen LogP contribution in [0.15, 0.2) is 0 Å². The van der Waals surface area contributed by atoms with Gasteiger partial charge in [-0.3, -0.25) is 0 Å². The van der Waals surface area contributed by atoms with Crippen LogP contribution in [0, 0.1) is 17.8 Å². The molecule has 2 heteroatoms. The zero-order valence-corrected chi connectivity index (χ0v) is 7.71. The summed E-state index contributed by atoms with van der Waals surface area (Å²) < 4.78 is 0. The first-order valence-corrected chi connectivity index (χ1v) is 4.68. The Morgan fingerprint density at radius 3 is 2.58 bits per heavy atom. The van der Waals surface area contributed by atoms with E-state index >= 15 is 0 Å². The molecular formula is C10H17NO. The first-order chi connectivity index (χ1) is 5.86. The van der Waals surface area contributed by atoms with E-state index in [1.807, 2.05) is 0 Å². The summed E-state index contributed by atoms with van der Waals surface area (Å²) in [5.41, 5.74) is 0. The molecule has 1 saturated heterocycles. The minimum Gasteiger partial charge on any atom is -0.384 e. The molecule has 2 nitrogen and oxygen atoms in total. The number of aliphatic hydroxyl groups is 1. The predicted molar refractivity (Wildman–Crippen MR) is 49.7 cm³/mol. The normalized spacial score (nSPS) is 20.2. The second kappa shape index (κ2) is 5.18. The summed E-state index contributed by atoms with van der Waals surface area (Å²) in [5.74, 6) is 6.35. The maximum atomic E-state index is 8.51. The molecule has 0 unspecified atom stereocenters. The van der Waals surface area contributed by atoms with Crippen molar-refractivity contribution in [3.8, 4) is 11.8 Å². The standard InChI is InChI=1S/C10H17NO/c1-2-11-7-5-10(6-8-11)4-3-9-12/h10,12H,2,5-9H2,1H3. The van der Waals surface area contributed by atoms with Crippen molar-refractivity contribution in [2.45, 2.75) is 19.8 Å². The summed E-state index contributed by atoms with van der Waals surface area (Å²) in [7, 11) is 0. The van der Waals surface area contributed by atoms with E-state index in [1.54, 1.807) is 0 Å². The van der Waals surface area contributed by atoms with Gasteiger partial charge >= 0.3 is 0 Å². The average Bonchev–Trinajstić information content (AvgIpc) is 2.15. The summed E-state index contributed by atoms with van der Waals surface area (Å²) in [5, 5.41) is 8.51. The number of hydrogen-bond acceptors (Lipinski definition) is 2. The summed E-state index contributed by atoms with van der Waals surface area (Å²) in [4.78, 5) is 2.44. The van der Waals surface area contributed by atoms with Crippen LogP contribution in [0.2, 0.25) is 0 Å². The zero-order valence-electron chi connectivity index (χ0n) is 7.71. The topological polar surface area (TPSA) is 23.5 Å². The van der Waals surface area contributed by atoms with Crippen molar-refractivity contribution in [3.63, 3.8) is 0 Å². The summed E-state index contributed by atoms with van der Waals surface area (Å²) in [6.45, 7) is 5.69. The lowest BCUT2D eigenvalue weighted by Gasteiger charge is -2.28. The molecule has 1 rings (SSSR count). The summed E-state index contributed by atoms with van der Waals surface area (Å²) >= 11 is 0. The highest BCUT2D eigenvalue weighted by Crippen LogP contribution is 2.15. The quantitative estimate of drug-likeness (QED) is 0.581. The molecule has 0 bridgehead atoms. The second-order valence-electron chi connectivity index (χ2n) is 3.19. The third-order valence-corrected chi connectivity index (χ3v) is 2.42. The molecule has 0 amide bonds. The van der Waals surface area contributed by atoms with Crippen LogP contribution in [0.3, 0.4) is 0 Å². The second-order valence-corrected chi connectivity index (χ2v) is 3.19. The molecule has 1 aliphatic heterocycles. The van der Waals surface area contributed by atoms with E-state index in [-0.39, 0.29) is 6.61 Å². The van der Waals surface area contributed by atoms with Crippen molar-refractivity contribution in [1.82, 2.24) is 4.90 Å². The van der Waals surface area contributed by atoms with Crippen LogP contribution in [0.5, 0.6) is 0 Å². The van der Waals surface area contributed by atoms with Crippen LogP contribution in [0.25, 0.3) is 0 Å².